The lowest BCUT2D eigenvalue weighted by atomic mass is 9.33. The average Bonchev–Trinajstić information content (AvgIpc) is 3.01. The van der Waals surface area contributed by atoms with Crippen LogP contribution >= 0.6 is 0 Å². The first-order chi connectivity index (χ1) is 22.3. The van der Waals surface area contributed by atoms with Gasteiger partial charge < -0.3 is 35.2 Å². The van der Waals surface area contributed by atoms with Gasteiger partial charge in [0, 0.05) is 6.42 Å². The molecule has 0 aromatic heterocycles. The van der Waals surface area contributed by atoms with Gasteiger partial charge in [-0.15, -0.1) is 0 Å². The van der Waals surface area contributed by atoms with E-state index in [2.05, 4.69) is 59.9 Å². The van der Waals surface area contributed by atoms with E-state index in [0.717, 1.165) is 64.2 Å². The van der Waals surface area contributed by atoms with Crippen LogP contribution in [0.3, 0.4) is 0 Å². The van der Waals surface area contributed by atoms with Gasteiger partial charge in [0.05, 0.1) is 18.1 Å². The van der Waals surface area contributed by atoms with Crippen LogP contribution in [-0.4, -0.2) is 75.7 Å². The van der Waals surface area contributed by atoms with Crippen LogP contribution in [0.5, 0.6) is 0 Å². The van der Waals surface area contributed by atoms with Crippen LogP contribution in [0.2, 0.25) is 0 Å². The molecule has 13 atom stereocenters. The Morgan fingerprint density at radius 1 is 0.938 bits per heavy atom. The summed E-state index contributed by atoms with van der Waals surface area (Å²) in [7, 11) is 0. The van der Waals surface area contributed by atoms with Crippen molar-refractivity contribution >= 4 is 11.9 Å². The zero-order chi connectivity index (χ0) is 35.2. The van der Waals surface area contributed by atoms with Gasteiger partial charge in [-0.2, -0.15) is 0 Å². The Kier molecular flexibility index (Phi) is 9.09. The minimum absolute atomic E-state index is 0.0428. The van der Waals surface area contributed by atoms with Gasteiger partial charge in [0.1, 0.15) is 24.4 Å². The van der Waals surface area contributed by atoms with Gasteiger partial charge in [0.15, 0.2) is 6.29 Å². The monoisotopic (exact) mass is 673 g/mol. The number of fused-ring (bicyclic) bond motifs is 7. The second kappa shape index (κ2) is 12.0. The van der Waals surface area contributed by atoms with Gasteiger partial charge in [0.25, 0.3) is 0 Å². The molecule has 5 aliphatic carbocycles. The number of carbonyl (C=O) groups excluding carboxylic acids is 1. The molecule has 5 N–H and O–H groups in total. The lowest BCUT2D eigenvalue weighted by Crippen LogP contribution is -2.67. The van der Waals surface area contributed by atoms with Crippen molar-refractivity contribution in [3.05, 3.63) is 11.6 Å². The molecule has 5 fully saturated rings. The lowest BCUT2D eigenvalue weighted by Gasteiger charge is -2.71. The standard InChI is InChI=1S/C39H63NO8/c1-9-28(42)40-29-31(44)30(43)24(21-41)47-32(29)48-27-13-14-36(6)25(35(27,4)5)12-15-38(8)26(36)11-10-22-23-20-34(2,3)16-18-39(23,33(45)46)19-17-37(22,38)7/h10,23-27,29-32,41,43-44H,9,11-21H2,1-8H3,(H,40,42)(H,45,46)/t23-,24+,25-,26+,27-,29+,30+,31+,32-,36-,37+,38+,39-/m0/s1. The molecule has 0 bridgehead atoms. The molecule has 1 aliphatic heterocycles. The van der Waals surface area contributed by atoms with Crippen molar-refractivity contribution in [2.24, 2.45) is 50.2 Å². The summed E-state index contributed by atoms with van der Waals surface area (Å²) in [5, 5.41) is 45.0. The van der Waals surface area contributed by atoms with Gasteiger partial charge in [0.2, 0.25) is 5.91 Å². The zero-order valence-electron chi connectivity index (χ0n) is 30.7. The van der Waals surface area contributed by atoms with E-state index in [9.17, 15) is 30.0 Å². The molecule has 6 aliphatic rings. The number of allylic oxidation sites excluding steroid dienone is 2. The Morgan fingerprint density at radius 3 is 2.27 bits per heavy atom. The molecule has 1 heterocycles. The van der Waals surface area contributed by atoms with E-state index in [1.165, 1.54) is 5.57 Å². The van der Waals surface area contributed by atoms with E-state index in [4.69, 9.17) is 9.47 Å². The highest BCUT2D eigenvalue weighted by Crippen LogP contribution is 2.76. The average molecular weight is 674 g/mol. The second-order valence-corrected chi connectivity index (χ2v) is 18.8. The maximum atomic E-state index is 13.0. The van der Waals surface area contributed by atoms with Crippen LogP contribution in [0, 0.1) is 50.2 Å². The van der Waals surface area contributed by atoms with Gasteiger partial charge in [-0.25, -0.2) is 0 Å². The summed E-state index contributed by atoms with van der Waals surface area (Å²) in [5.74, 6) is 0.0256. The number of aliphatic hydroxyl groups excluding tert-OH is 3. The van der Waals surface area contributed by atoms with E-state index in [1.54, 1.807) is 6.92 Å². The Balaban J connectivity index is 1.29. The number of nitrogens with one attached hydrogen (secondary N) is 1. The van der Waals surface area contributed by atoms with Gasteiger partial charge in [-0.3, -0.25) is 9.59 Å². The Hall–Kier alpha value is -1.52. The molecule has 9 nitrogen and oxygen atoms in total. The number of carbonyl (C=O) groups is 2. The predicted octanol–water partition coefficient (Wildman–Crippen LogP) is 5.59. The van der Waals surface area contributed by atoms with E-state index in [0.29, 0.717) is 11.8 Å². The van der Waals surface area contributed by atoms with Gasteiger partial charge in [-0.1, -0.05) is 67.0 Å². The lowest BCUT2D eigenvalue weighted by molar-refractivity contribution is -0.306. The number of carboxylic acids is 1. The smallest absolute Gasteiger partial charge is 0.310 e. The molecule has 9 heteroatoms. The van der Waals surface area contributed by atoms with Gasteiger partial charge >= 0.3 is 5.97 Å². The number of rotatable bonds is 6. The molecule has 4 saturated carbocycles. The van der Waals surface area contributed by atoms with Crippen LogP contribution in [-0.2, 0) is 19.1 Å². The number of carboxylic acid groups (broad SMARTS) is 1. The molecule has 0 unspecified atom stereocenters. The Bertz CT molecular complexity index is 1310. The third-order valence-corrected chi connectivity index (χ3v) is 15.8. The van der Waals surface area contributed by atoms with Crippen LogP contribution in [0.4, 0.5) is 0 Å². The summed E-state index contributed by atoms with van der Waals surface area (Å²) in [6.45, 7) is 18.0. The number of hydrogen-bond acceptors (Lipinski definition) is 7. The number of hydrogen-bond donors (Lipinski definition) is 5. The number of aliphatic hydroxyl groups is 3. The van der Waals surface area contributed by atoms with Crippen LogP contribution in [0.15, 0.2) is 11.6 Å². The zero-order valence-corrected chi connectivity index (χ0v) is 30.7. The maximum Gasteiger partial charge on any atom is 0.310 e. The first-order valence-corrected chi connectivity index (χ1v) is 18.8. The molecule has 0 spiro atoms. The SMILES string of the molecule is CCC(=O)N[C@H]1[C@H](O[C@H]2CC[C@]3(C)[C@H]4CC=C5[C@@H]6CC(C)(C)CC[C@]6(C(=O)O)CC[C@@]5(C)[C@]4(C)CC[C@H]3C2(C)C)O[C@H](CO)[C@@H](O)[C@@H]1O. The fourth-order valence-corrected chi connectivity index (χ4v) is 12.6. The number of ether oxygens (including phenoxy) is 2. The summed E-state index contributed by atoms with van der Waals surface area (Å²) >= 11 is 0. The summed E-state index contributed by atoms with van der Waals surface area (Å²) in [6.07, 6.45) is 7.02. The van der Waals surface area contributed by atoms with Crippen LogP contribution < -0.4 is 5.32 Å². The molecule has 48 heavy (non-hydrogen) atoms. The Labute approximate surface area is 287 Å². The van der Waals surface area contributed by atoms with Crippen molar-refractivity contribution in [1.29, 1.82) is 0 Å². The molecule has 1 saturated heterocycles. The third kappa shape index (κ3) is 5.17. The summed E-state index contributed by atoms with van der Waals surface area (Å²) in [6, 6.07) is -0.954. The fraction of sp³-hybridized carbons (Fsp3) is 0.897. The predicted molar refractivity (Wildman–Crippen MR) is 182 cm³/mol. The van der Waals surface area contributed by atoms with E-state index in [-0.39, 0.29) is 51.4 Å². The van der Waals surface area contributed by atoms with Crippen molar-refractivity contribution < 1.29 is 39.5 Å². The van der Waals surface area contributed by atoms with Crippen LogP contribution in [0.1, 0.15) is 126 Å². The molecule has 272 valence electrons. The molecule has 0 aromatic carbocycles. The molecular weight excluding hydrogens is 610 g/mol. The van der Waals surface area contributed by atoms with Crippen molar-refractivity contribution in [1.82, 2.24) is 5.32 Å². The maximum absolute atomic E-state index is 13.0. The largest absolute Gasteiger partial charge is 0.481 e. The Morgan fingerprint density at radius 2 is 1.62 bits per heavy atom. The van der Waals surface area contributed by atoms with Crippen molar-refractivity contribution in [2.75, 3.05) is 6.61 Å². The van der Waals surface area contributed by atoms with E-state index in [1.807, 2.05) is 0 Å². The quantitative estimate of drug-likeness (QED) is 0.181. The molecule has 6 rings (SSSR count). The van der Waals surface area contributed by atoms with Gasteiger partial charge in [-0.05, 0) is 109 Å². The first kappa shape index (κ1) is 36.3. The summed E-state index contributed by atoms with van der Waals surface area (Å²) < 4.78 is 12.8. The summed E-state index contributed by atoms with van der Waals surface area (Å²) in [5.41, 5.74) is 0.728. The van der Waals surface area contributed by atoms with Crippen molar-refractivity contribution in [3.8, 4) is 0 Å². The molecule has 0 aromatic rings. The highest BCUT2D eigenvalue weighted by atomic mass is 16.7. The summed E-state index contributed by atoms with van der Waals surface area (Å²) in [4.78, 5) is 25.4. The number of aliphatic carboxylic acids is 1. The van der Waals surface area contributed by atoms with E-state index >= 15 is 0 Å². The third-order valence-electron chi connectivity index (χ3n) is 15.8. The topological polar surface area (TPSA) is 146 Å². The normalized spacial score (nSPS) is 49.3. The van der Waals surface area contributed by atoms with Crippen molar-refractivity contribution in [2.45, 2.75) is 163 Å². The van der Waals surface area contributed by atoms with Crippen molar-refractivity contribution in [3.63, 3.8) is 0 Å². The highest BCUT2D eigenvalue weighted by molar-refractivity contribution is 5.77. The molecule has 1 amide bonds. The fourth-order valence-electron chi connectivity index (χ4n) is 12.6. The number of amides is 1. The van der Waals surface area contributed by atoms with E-state index < -0.39 is 48.6 Å². The second-order valence-electron chi connectivity index (χ2n) is 18.8. The minimum atomic E-state index is -1.35. The minimum Gasteiger partial charge on any atom is -0.481 e. The first-order valence-electron chi connectivity index (χ1n) is 18.8. The van der Waals surface area contributed by atoms with Crippen LogP contribution in [0.25, 0.3) is 0 Å². The molecular formula is C39H63NO8. The highest BCUT2D eigenvalue weighted by Gasteiger charge is 2.69. The molecule has 0 radical (unpaired) electrons.